The summed E-state index contributed by atoms with van der Waals surface area (Å²) in [5.41, 5.74) is 0.407. The number of hydrogen-bond acceptors (Lipinski definition) is 6. The van der Waals surface area contributed by atoms with Gasteiger partial charge in [0.1, 0.15) is 17.0 Å². The van der Waals surface area contributed by atoms with Crippen molar-refractivity contribution in [2.45, 2.75) is 24.9 Å². The summed E-state index contributed by atoms with van der Waals surface area (Å²) in [6.07, 6.45) is 2.79. The fourth-order valence-corrected chi connectivity index (χ4v) is 4.23. The van der Waals surface area contributed by atoms with Crippen molar-refractivity contribution >= 4 is 11.6 Å². The first-order valence-electron chi connectivity index (χ1n) is 10.1. The minimum atomic E-state index is -1.86. The number of aromatic nitrogens is 4. The molecule has 174 valence electrons. The number of methoxy groups -OCH3 is 2. The first kappa shape index (κ1) is 22.5. The third-order valence-electron chi connectivity index (χ3n) is 5.86. The van der Waals surface area contributed by atoms with Gasteiger partial charge in [-0.3, -0.25) is 14.6 Å². The molecule has 0 unspecified atom stereocenters. The highest BCUT2D eigenvalue weighted by atomic mass is 19.1. The van der Waals surface area contributed by atoms with Crippen molar-refractivity contribution < 1.29 is 28.2 Å². The van der Waals surface area contributed by atoms with Gasteiger partial charge in [-0.1, -0.05) is 6.58 Å². The van der Waals surface area contributed by atoms with E-state index in [1.54, 1.807) is 11.7 Å². The second-order valence-electron chi connectivity index (χ2n) is 7.75. The van der Waals surface area contributed by atoms with Crippen LogP contribution in [0.15, 0.2) is 24.9 Å². The molecule has 0 fully saturated rings. The molecule has 2 heterocycles. The standard InChI is InChI=1S/C22H23F2N5O4/c1-5-16(30)26-13-10-25-29(2)21(13)20-11-6-7-22(31,9-12(11)27-28-20)17-18(23)14(32-3)8-15(33-4)19(17)24/h5,8,10,31H,1,6-7,9H2,2-4H3,(H,26,30)(H,27,28)/t22-/m0/s1. The zero-order valence-electron chi connectivity index (χ0n) is 18.3. The number of nitrogens with zero attached hydrogens (tertiary/aromatic N) is 3. The molecule has 1 aliphatic rings. The highest BCUT2D eigenvalue weighted by molar-refractivity contribution is 6.01. The Morgan fingerprint density at radius 2 is 2.00 bits per heavy atom. The number of nitrogens with one attached hydrogen (secondary N) is 2. The number of carbonyl (C=O) groups is 1. The second-order valence-corrected chi connectivity index (χ2v) is 7.75. The molecule has 0 bridgehead atoms. The quantitative estimate of drug-likeness (QED) is 0.489. The van der Waals surface area contributed by atoms with E-state index in [1.165, 1.54) is 20.4 Å². The molecule has 4 rings (SSSR count). The van der Waals surface area contributed by atoms with Crippen LogP contribution in [0.1, 0.15) is 23.2 Å². The van der Waals surface area contributed by atoms with Gasteiger partial charge in [-0.05, 0) is 18.9 Å². The van der Waals surface area contributed by atoms with Gasteiger partial charge in [-0.25, -0.2) is 8.78 Å². The largest absolute Gasteiger partial charge is 0.494 e. The zero-order valence-corrected chi connectivity index (χ0v) is 18.3. The van der Waals surface area contributed by atoms with E-state index in [1.807, 2.05) is 0 Å². The number of carbonyl (C=O) groups excluding carboxylic acids is 1. The van der Waals surface area contributed by atoms with Crippen LogP contribution in [0, 0.1) is 11.6 Å². The predicted octanol–water partition coefficient (Wildman–Crippen LogP) is 2.61. The molecular formula is C22H23F2N5O4. The summed E-state index contributed by atoms with van der Waals surface area (Å²) in [5, 5.41) is 25.5. The van der Waals surface area contributed by atoms with Gasteiger partial charge in [0.25, 0.3) is 0 Å². The number of halogens is 2. The number of aryl methyl sites for hydroxylation is 1. The van der Waals surface area contributed by atoms with Crippen molar-refractivity contribution in [3.05, 3.63) is 53.4 Å². The third-order valence-corrected chi connectivity index (χ3v) is 5.86. The molecule has 11 heteroatoms. The Balaban J connectivity index is 1.76. The first-order valence-corrected chi connectivity index (χ1v) is 10.1. The molecule has 3 N–H and O–H groups in total. The topological polar surface area (TPSA) is 114 Å². The molecule has 0 saturated carbocycles. The van der Waals surface area contributed by atoms with Crippen molar-refractivity contribution in [1.29, 1.82) is 0 Å². The molecule has 2 aromatic heterocycles. The van der Waals surface area contributed by atoms with Gasteiger partial charge in [0, 0.05) is 30.8 Å². The van der Waals surface area contributed by atoms with Crippen LogP contribution in [0.3, 0.4) is 0 Å². The van der Waals surface area contributed by atoms with Crippen LogP contribution in [0.4, 0.5) is 14.5 Å². The number of benzene rings is 1. The number of anilines is 1. The molecule has 0 spiro atoms. The Labute approximate surface area is 188 Å². The maximum atomic E-state index is 15.1. The summed E-state index contributed by atoms with van der Waals surface area (Å²) in [6, 6.07) is 1.10. The van der Waals surface area contributed by atoms with Gasteiger partial charge in [0.15, 0.2) is 23.1 Å². The summed E-state index contributed by atoms with van der Waals surface area (Å²) in [7, 11) is 4.20. The van der Waals surface area contributed by atoms with Crippen LogP contribution in [0.2, 0.25) is 0 Å². The summed E-state index contributed by atoms with van der Waals surface area (Å²) in [5.74, 6) is -2.83. The van der Waals surface area contributed by atoms with E-state index in [0.717, 1.165) is 17.7 Å². The van der Waals surface area contributed by atoms with Crippen LogP contribution >= 0.6 is 0 Å². The third kappa shape index (κ3) is 3.63. The molecule has 1 aromatic carbocycles. The van der Waals surface area contributed by atoms with Crippen LogP contribution < -0.4 is 14.8 Å². The smallest absolute Gasteiger partial charge is 0.247 e. The molecule has 9 nitrogen and oxygen atoms in total. The average molecular weight is 459 g/mol. The lowest BCUT2D eigenvalue weighted by molar-refractivity contribution is -0.111. The van der Waals surface area contributed by atoms with E-state index in [2.05, 4.69) is 27.2 Å². The number of aliphatic hydroxyl groups is 1. The van der Waals surface area contributed by atoms with E-state index >= 15 is 8.78 Å². The summed E-state index contributed by atoms with van der Waals surface area (Å²) in [4.78, 5) is 11.8. The molecule has 33 heavy (non-hydrogen) atoms. The van der Waals surface area contributed by atoms with E-state index < -0.39 is 28.7 Å². The van der Waals surface area contributed by atoms with E-state index in [-0.39, 0.29) is 30.8 Å². The van der Waals surface area contributed by atoms with Gasteiger partial charge in [-0.2, -0.15) is 10.2 Å². The lowest BCUT2D eigenvalue weighted by atomic mass is 9.77. The maximum absolute atomic E-state index is 15.1. The number of H-pyrrole nitrogens is 1. The van der Waals surface area contributed by atoms with Crippen LogP contribution in [0.25, 0.3) is 11.4 Å². The Kier molecular flexibility index (Phi) is 5.66. The van der Waals surface area contributed by atoms with Crippen molar-refractivity contribution in [1.82, 2.24) is 20.0 Å². The molecule has 1 amide bonds. The summed E-state index contributed by atoms with van der Waals surface area (Å²) >= 11 is 0. The zero-order chi connectivity index (χ0) is 23.9. The van der Waals surface area contributed by atoms with Gasteiger partial charge in [-0.15, -0.1) is 0 Å². The number of fused-ring (bicyclic) bond motifs is 1. The molecule has 1 atom stereocenters. The minimum Gasteiger partial charge on any atom is -0.494 e. The Morgan fingerprint density at radius 1 is 1.33 bits per heavy atom. The predicted molar refractivity (Wildman–Crippen MR) is 115 cm³/mol. The van der Waals surface area contributed by atoms with Crippen molar-refractivity contribution in [3.8, 4) is 22.9 Å². The van der Waals surface area contributed by atoms with Crippen LogP contribution in [-0.4, -0.2) is 45.2 Å². The van der Waals surface area contributed by atoms with Crippen molar-refractivity contribution in [2.24, 2.45) is 7.05 Å². The number of amides is 1. The van der Waals surface area contributed by atoms with E-state index in [0.29, 0.717) is 22.8 Å². The van der Waals surface area contributed by atoms with Gasteiger partial charge in [0.2, 0.25) is 5.91 Å². The molecule has 0 radical (unpaired) electrons. The Bertz CT molecular complexity index is 1220. The molecule has 0 aliphatic heterocycles. The van der Waals surface area contributed by atoms with Gasteiger partial charge >= 0.3 is 0 Å². The van der Waals surface area contributed by atoms with E-state index in [9.17, 15) is 9.90 Å². The Hall–Kier alpha value is -3.73. The van der Waals surface area contributed by atoms with Crippen molar-refractivity contribution in [3.63, 3.8) is 0 Å². The number of ether oxygens (including phenoxy) is 2. The average Bonchev–Trinajstić information content (AvgIpc) is 3.35. The fraction of sp³-hybridized carbons (Fsp3) is 0.318. The highest BCUT2D eigenvalue weighted by Gasteiger charge is 2.42. The molecule has 1 aliphatic carbocycles. The van der Waals surface area contributed by atoms with Gasteiger partial charge < -0.3 is 19.9 Å². The van der Waals surface area contributed by atoms with Gasteiger partial charge in [0.05, 0.1) is 31.7 Å². The minimum absolute atomic E-state index is 0.0168. The van der Waals surface area contributed by atoms with Crippen molar-refractivity contribution in [2.75, 3.05) is 19.5 Å². The maximum Gasteiger partial charge on any atom is 0.247 e. The van der Waals surface area contributed by atoms with Crippen LogP contribution in [0.5, 0.6) is 11.5 Å². The van der Waals surface area contributed by atoms with Crippen LogP contribution in [-0.2, 0) is 30.3 Å². The first-order chi connectivity index (χ1) is 15.7. The fourth-order valence-electron chi connectivity index (χ4n) is 4.23. The number of hydrogen-bond donors (Lipinski definition) is 3. The lowest BCUT2D eigenvalue weighted by Gasteiger charge is -2.33. The lowest BCUT2D eigenvalue weighted by Crippen LogP contribution is -2.35. The SMILES string of the molecule is C=CC(=O)Nc1cnn(C)c1-c1n[nH]c2c1CC[C@@](O)(c1c(F)c(OC)cc(OC)c1F)C2. The molecular weight excluding hydrogens is 436 g/mol. The highest BCUT2D eigenvalue weighted by Crippen LogP contribution is 2.45. The number of aromatic amines is 1. The normalized spacial score (nSPS) is 17.4. The summed E-state index contributed by atoms with van der Waals surface area (Å²) < 4.78 is 41.7. The molecule has 0 saturated heterocycles. The molecule has 3 aromatic rings. The summed E-state index contributed by atoms with van der Waals surface area (Å²) in [6.45, 7) is 3.44. The Morgan fingerprint density at radius 3 is 2.61 bits per heavy atom. The monoisotopic (exact) mass is 459 g/mol. The second kappa shape index (κ2) is 8.32. The number of rotatable bonds is 6. The van der Waals surface area contributed by atoms with E-state index in [4.69, 9.17) is 9.47 Å².